The molecule has 1 aliphatic heterocycles. The Morgan fingerprint density at radius 1 is 1.79 bits per heavy atom. The molecule has 1 aliphatic rings. The molecule has 14 heavy (non-hydrogen) atoms. The van der Waals surface area contributed by atoms with Gasteiger partial charge in [0.1, 0.15) is 0 Å². The maximum atomic E-state index is 5.74. The largest absolute Gasteiger partial charge is 0.372 e. The third-order valence-electron chi connectivity index (χ3n) is 2.52. The average Bonchev–Trinajstić information content (AvgIpc) is 2.62. The number of ether oxygens (including phenoxy) is 1. The fourth-order valence-corrected chi connectivity index (χ4v) is 2.93. The molecule has 1 atom stereocenters. The van der Waals surface area contributed by atoms with E-state index in [1.54, 1.807) is 0 Å². The standard InChI is InChI=1S/C11H15NOS/c1-3-8-7-14-10-4-5-13-9(6-12-2)11(8)10/h3,7,9,12H,1,4-6H2,2H3. The van der Waals surface area contributed by atoms with Crippen molar-refractivity contribution in [3.8, 4) is 0 Å². The van der Waals surface area contributed by atoms with E-state index in [0.29, 0.717) is 0 Å². The first-order chi connectivity index (χ1) is 6.86. The average molecular weight is 209 g/mol. The zero-order valence-corrected chi connectivity index (χ0v) is 9.19. The number of fused-ring (bicyclic) bond motifs is 1. The van der Waals surface area contributed by atoms with Crippen LogP contribution < -0.4 is 5.32 Å². The Balaban J connectivity index is 2.34. The van der Waals surface area contributed by atoms with Gasteiger partial charge in [-0.15, -0.1) is 11.3 Å². The molecule has 1 aromatic heterocycles. The highest BCUT2D eigenvalue weighted by Gasteiger charge is 2.23. The van der Waals surface area contributed by atoms with Crippen LogP contribution in [-0.4, -0.2) is 20.2 Å². The first-order valence-electron chi connectivity index (χ1n) is 4.85. The fraction of sp³-hybridized carbons (Fsp3) is 0.455. The molecule has 0 amide bonds. The predicted molar refractivity (Wildman–Crippen MR) is 60.7 cm³/mol. The van der Waals surface area contributed by atoms with Gasteiger partial charge in [0.15, 0.2) is 0 Å². The Morgan fingerprint density at radius 3 is 3.36 bits per heavy atom. The highest BCUT2D eigenvalue weighted by molar-refractivity contribution is 7.10. The van der Waals surface area contributed by atoms with Gasteiger partial charge in [-0.05, 0) is 18.0 Å². The first kappa shape index (κ1) is 9.90. The van der Waals surface area contributed by atoms with E-state index in [9.17, 15) is 0 Å². The van der Waals surface area contributed by atoms with Gasteiger partial charge in [0.25, 0.3) is 0 Å². The quantitative estimate of drug-likeness (QED) is 0.824. The van der Waals surface area contributed by atoms with E-state index in [-0.39, 0.29) is 6.10 Å². The van der Waals surface area contributed by atoms with Crippen LogP contribution in [0.4, 0.5) is 0 Å². The Hall–Kier alpha value is -0.640. The lowest BCUT2D eigenvalue weighted by Crippen LogP contribution is -2.24. The highest BCUT2D eigenvalue weighted by atomic mass is 32.1. The molecule has 76 valence electrons. The maximum absolute atomic E-state index is 5.74. The van der Waals surface area contributed by atoms with Crippen LogP contribution in [0.5, 0.6) is 0 Å². The summed E-state index contributed by atoms with van der Waals surface area (Å²) in [5.41, 5.74) is 2.59. The second-order valence-corrected chi connectivity index (χ2v) is 4.36. The second-order valence-electron chi connectivity index (χ2n) is 3.40. The van der Waals surface area contributed by atoms with E-state index in [1.165, 1.54) is 16.0 Å². The van der Waals surface area contributed by atoms with E-state index in [0.717, 1.165) is 19.6 Å². The summed E-state index contributed by atoms with van der Waals surface area (Å²) >= 11 is 1.83. The van der Waals surface area contributed by atoms with Gasteiger partial charge in [-0.25, -0.2) is 0 Å². The first-order valence-corrected chi connectivity index (χ1v) is 5.73. The monoisotopic (exact) mass is 209 g/mol. The number of thiophene rings is 1. The molecule has 0 fully saturated rings. The Labute approximate surface area is 88.6 Å². The Bertz CT molecular complexity index is 332. The van der Waals surface area contributed by atoms with Crippen LogP contribution in [0, 0.1) is 0 Å². The zero-order chi connectivity index (χ0) is 9.97. The summed E-state index contributed by atoms with van der Waals surface area (Å²) in [7, 11) is 1.96. The third-order valence-corrected chi connectivity index (χ3v) is 3.60. The third kappa shape index (κ3) is 1.63. The molecule has 1 unspecified atom stereocenters. The van der Waals surface area contributed by atoms with Crippen molar-refractivity contribution >= 4 is 17.4 Å². The molecule has 1 aromatic rings. The van der Waals surface area contributed by atoms with Gasteiger partial charge >= 0.3 is 0 Å². The van der Waals surface area contributed by atoms with Crippen LogP contribution in [0.15, 0.2) is 12.0 Å². The zero-order valence-electron chi connectivity index (χ0n) is 8.38. The van der Waals surface area contributed by atoms with Crippen molar-refractivity contribution in [2.24, 2.45) is 0 Å². The molecule has 0 radical (unpaired) electrons. The van der Waals surface area contributed by atoms with Crippen molar-refractivity contribution in [3.05, 3.63) is 28.0 Å². The minimum absolute atomic E-state index is 0.211. The second kappa shape index (κ2) is 4.26. The van der Waals surface area contributed by atoms with Crippen LogP contribution >= 0.6 is 11.3 Å². The summed E-state index contributed by atoms with van der Waals surface area (Å²) in [6, 6.07) is 0. The summed E-state index contributed by atoms with van der Waals surface area (Å²) in [5, 5.41) is 5.34. The molecular weight excluding hydrogens is 194 g/mol. The molecule has 2 rings (SSSR count). The van der Waals surface area contributed by atoms with Crippen molar-refractivity contribution in [1.82, 2.24) is 5.32 Å². The van der Waals surface area contributed by atoms with Crippen LogP contribution in [0.2, 0.25) is 0 Å². The molecule has 3 heteroatoms. The van der Waals surface area contributed by atoms with Crippen molar-refractivity contribution < 1.29 is 4.74 Å². The Morgan fingerprint density at radius 2 is 2.64 bits per heavy atom. The normalized spacial score (nSPS) is 20.5. The maximum Gasteiger partial charge on any atom is 0.0965 e. The van der Waals surface area contributed by atoms with Crippen LogP contribution in [0.1, 0.15) is 22.1 Å². The predicted octanol–water partition coefficient (Wildman–Crippen LogP) is 2.22. The number of hydrogen-bond donors (Lipinski definition) is 1. The highest BCUT2D eigenvalue weighted by Crippen LogP contribution is 2.34. The minimum Gasteiger partial charge on any atom is -0.372 e. The van der Waals surface area contributed by atoms with Crippen molar-refractivity contribution in [1.29, 1.82) is 0 Å². The summed E-state index contributed by atoms with van der Waals surface area (Å²) in [4.78, 5) is 1.46. The summed E-state index contributed by atoms with van der Waals surface area (Å²) < 4.78 is 5.74. The van der Waals surface area contributed by atoms with Crippen LogP contribution in [-0.2, 0) is 11.2 Å². The van der Waals surface area contributed by atoms with E-state index >= 15 is 0 Å². The van der Waals surface area contributed by atoms with E-state index < -0.39 is 0 Å². The SMILES string of the molecule is C=Cc1csc2c1C(CNC)OCC2. The summed E-state index contributed by atoms with van der Waals surface area (Å²) in [6.07, 6.45) is 3.18. The van der Waals surface area contributed by atoms with E-state index in [4.69, 9.17) is 4.74 Å². The van der Waals surface area contributed by atoms with Gasteiger partial charge in [-0.1, -0.05) is 12.7 Å². The summed E-state index contributed by atoms with van der Waals surface area (Å²) in [6.45, 7) is 5.56. The molecule has 0 saturated heterocycles. The fourth-order valence-electron chi connectivity index (χ4n) is 1.86. The van der Waals surface area contributed by atoms with E-state index in [1.807, 2.05) is 24.5 Å². The molecule has 2 heterocycles. The van der Waals surface area contributed by atoms with Gasteiger partial charge in [-0.2, -0.15) is 0 Å². The van der Waals surface area contributed by atoms with Gasteiger partial charge in [0, 0.05) is 23.4 Å². The van der Waals surface area contributed by atoms with Crippen LogP contribution in [0.25, 0.3) is 6.08 Å². The lowest BCUT2D eigenvalue weighted by Gasteiger charge is -2.24. The lowest BCUT2D eigenvalue weighted by atomic mass is 10.0. The molecule has 0 spiro atoms. The number of nitrogens with one attached hydrogen (secondary N) is 1. The smallest absolute Gasteiger partial charge is 0.0965 e. The molecule has 0 aliphatic carbocycles. The van der Waals surface area contributed by atoms with Crippen molar-refractivity contribution in [2.75, 3.05) is 20.2 Å². The minimum atomic E-state index is 0.211. The van der Waals surface area contributed by atoms with Crippen molar-refractivity contribution in [3.63, 3.8) is 0 Å². The van der Waals surface area contributed by atoms with Gasteiger partial charge < -0.3 is 10.1 Å². The molecule has 0 aromatic carbocycles. The van der Waals surface area contributed by atoms with Crippen molar-refractivity contribution in [2.45, 2.75) is 12.5 Å². The van der Waals surface area contributed by atoms with E-state index in [2.05, 4.69) is 17.3 Å². The molecule has 0 bridgehead atoms. The van der Waals surface area contributed by atoms with Gasteiger partial charge in [-0.3, -0.25) is 0 Å². The topological polar surface area (TPSA) is 21.3 Å². The van der Waals surface area contributed by atoms with Gasteiger partial charge in [0.2, 0.25) is 0 Å². The Kier molecular flexibility index (Phi) is 3.01. The molecular formula is C11H15NOS. The number of likely N-dealkylation sites (N-methyl/N-ethyl adjacent to an activating group) is 1. The van der Waals surface area contributed by atoms with Gasteiger partial charge in [0.05, 0.1) is 12.7 Å². The van der Waals surface area contributed by atoms with Crippen LogP contribution in [0.3, 0.4) is 0 Å². The molecule has 1 N–H and O–H groups in total. The summed E-state index contributed by atoms with van der Waals surface area (Å²) in [5.74, 6) is 0. The molecule has 2 nitrogen and oxygen atoms in total. The lowest BCUT2D eigenvalue weighted by molar-refractivity contribution is 0.0450. The number of hydrogen-bond acceptors (Lipinski definition) is 3. The number of rotatable bonds is 3. The molecule has 0 saturated carbocycles.